The van der Waals surface area contributed by atoms with Crippen molar-refractivity contribution in [3.05, 3.63) is 0 Å². The van der Waals surface area contributed by atoms with Crippen molar-refractivity contribution >= 4 is 5.91 Å². The molecule has 4 N–H and O–H groups in total. The van der Waals surface area contributed by atoms with Crippen LogP contribution in [0.4, 0.5) is 0 Å². The zero-order valence-corrected chi connectivity index (χ0v) is 7.87. The molecule has 0 radical (unpaired) electrons. The monoisotopic (exact) mass is 174 g/mol. The number of rotatable bonds is 4. The predicted octanol–water partition coefficient (Wildman–Crippen LogP) is -0.533. The molecule has 0 aromatic rings. The Balaban J connectivity index is 3.91. The molecule has 1 unspecified atom stereocenters. The van der Waals surface area contributed by atoms with Crippen molar-refractivity contribution in [3.63, 3.8) is 0 Å². The lowest BCUT2D eigenvalue weighted by atomic mass is 10.00. The number of hydrogen-bond donors (Lipinski definition) is 3. The summed E-state index contributed by atoms with van der Waals surface area (Å²) in [6.45, 7) is 3.99. The van der Waals surface area contributed by atoms with Crippen molar-refractivity contribution < 1.29 is 9.90 Å². The lowest BCUT2D eigenvalue weighted by Crippen LogP contribution is -2.45. The van der Waals surface area contributed by atoms with Gasteiger partial charge in [0.05, 0.1) is 0 Å². The minimum Gasteiger partial charge on any atom is -0.382 e. The number of aliphatic hydroxyl groups is 1. The molecule has 0 aliphatic rings. The van der Waals surface area contributed by atoms with Crippen molar-refractivity contribution in [1.82, 2.24) is 5.32 Å². The Bertz CT molecular complexity index is 148. The smallest absolute Gasteiger partial charge is 0.250 e. The molecule has 0 fully saturated rings. The number of carbonyl (C=O) groups excluding carboxylic acids is 1. The number of hydrogen-bond acceptors (Lipinski definition) is 3. The molecule has 0 spiro atoms. The van der Waals surface area contributed by atoms with E-state index in [9.17, 15) is 9.90 Å². The van der Waals surface area contributed by atoms with Gasteiger partial charge in [-0.2, -0.15) is 0 Å². The first-order valence-corrected chi connectivity index (χ1v) is 4.14. The molecule has 0 aromatic heterocycles. The van der Waals surface area contributed by atoms with Crippen LogP contribution in [0.15, 0.2) is 0 Å². The van der Waals surface area contributed by atoms with Gasteiger partial charge < -0.3 is 16.2 Å². The van der Waals surface area contributed by atoms with E-state index in [0.717, 1.165) is 0 Å². The fraction of sp³-hybridized carbons (Fsp3) is 0.875. The highest BCUT2D eigenvalue weighted by Gasteiger charge is 2.21. The summed E-state index contributed by atoms with van der Waals surface area (Å²) in [6.07, 6.45) is -0.438. The first kappa shape index (κ1) is 11.4. The Hall–Kier alpha value is -0.610. The number of likely N-dealkylation sites (N-methyl/N-ethyl adjacent to an activating group) is 1. The van der Waals surface area contributed by atoms with Crippen LogP contribution < -0.4 is 11.1 Å². The van der Waals surface area contributed by atoms with E-state index in [1.54, 1.807) is 0 Å². The minimum atomic E-state index is -1.09. The highest BCUT2D eigenvalue weighted by molar-refractivity contribution is 5.80. The molecule has 0 aromatic carbocycles. The topological polar surface area (TPSA) is 75.3 Å². The third-order valence-electron chi connectivity index (χ3n) is 1.66. The van der Waals surface area contributed by atoms with Crippen LogP contribution in [-0.4, -0.2) is 30.2 Å². The second-order valence-electron chi connectivity index (χ2n) is 3.35. The second-order valence-corrected chi connectivity index (χ2v) is 3.35. The quantitative estimate of drug-likeness (QED) is 0.536. The summed E-state index contributed by atoms with van der Waals surface area (Å²) in [7, 11) is 1.48. The van der Waals surface area contributed by atoms with Crippen LogP contribution in [0.5, 0.6) is 0 Å². The molecular weight excluding hydrogens is 156 g/mol. The maximum absolute atomic E-state index is 10.9. The standard InChI is InChI=1S/C8H18N2O2/c1-5(2)4-6(9)7(11)8(12)10-3/h5-7,11H,4,9H2,1-3H3,(H,10,12)/t6-,7?/m0/s1. The van der Waals surface area contributed by atoms with Crippen LogP contribution in [0.3, 0.4) is 0 Å². The summed E-state index contributed by atoms with van der Waals surface area (Å²) >= 11 is 0. The molecule has 4 nitrogen and oxygen atoms in total. The number of nitrogens with two attached hydrogens (primary N) is 1. The number of amides is 1. The molecule has 0 rings (SSSR count). The third kappa shape index (κ3) is 3.69. The molecular formula is C8H18N2O2. The molecule has 12 heavy (non-hydrogen) atoms. The van der Waals surface area contributed by atoms with E-state index in [-0.39, 0.29) is 0 Å². The molecule has 4 heteroatoms. The van der Waals surface area contributed by atoms with Crippen molar-refractivity contribution in [2.75, 3.05) is 7.05 Å². The van der Waals surface area contributed by atoms with Crippen LogP contribution >= 0.6 is 0 Å². The number of nitrogens with one attached hydrogen (secondary N) is 1. The Morgan fingerprint density at radius 2 is 2.08 bits per heavy atom. The molecule has 0 saturated carbocycles. The highest BCUT2D eigenvalue weighted by Crippen LogP contribution is 2.05. The summed E-state index contributed by atoms with van der Waals surface area (Å²) in [5.74, 6) is -0.0255. The van der Waals surface area contributed by atoms with Gasteiger partial charge in [0.15, 0.2) is 0 Å². The fourth-order valence-corrected chi connectivity index (χ4v) is 1.02. The molecule has 0 saturated heterocycles. The summed E-state index contributed by atoms with van der Waals surface area (Å²) in [4.78, 5) is 10.9. The SMILES string of the molecule is CNC(=O)C(O)[C@@H](N)CC(C)C. The van der Waals surface area contributed by atoms with Gasteiger partial charge >= 0.3 is 0 Å². The van der Waals surface area contributed by atoms with Gasteiger partial charge in [-0.1, -0.05) is 13.8 Å². The molecule has 0 heterocycles. The van der Waals surface area contributed by atoms with Crippen molar-refractivity contribution in [2.24, 2.45) is 11.7 Å². The van der Waals surface area contributed by atoms with Gasteiger partial charge in [-0.25, -0.2) is 0 Å². The largest absolute Gasteiger partial charge is 0.382 e. The van der Waals surface area contributed by atoms with Crippen LogP contribution in [0.25, 0.3) is 0 Å². The van der Waals surface area contributed by atoms with Crippen LogP contribution in [0, 0.1) is 5.92 Å². The van der Waals surface area contributed by atoms with Gasteiger partial charge in [-0.3, -0.25) is 4.79 Å². The van der Waals surface area contributed by atoms with Gasteiger partial charge in [0.1, 0.15) is 6.10 Å². The van der Waals surface area contributed by atoms with E-state index < -0.39 is 18.1 Å². The second kappa shape index (κ2) is 5.11. The zero-order chi connectivity index (χ0) is 9.72. The maximum Gasteiger partial charge on any atom is 0.250 e. The normalized spacial score (nSPS) is 15.8. The molecule has 2 atom stereocenters. The number of aliphatic hydroxyl groups excluding tert-OH is 1. The Morgan fingerprint density at radius 3 is 2.42 bits per heavy atom. The first-order chi connectivity index (χ1) is 5.49. The summed E-state index contributed by atoms with van der Waals surface area (Å²) in [5, 5.41) is 11.6. The first-order valence-electron chi connectivity index (χ1n) is 4.14. The Morgan fingerprint density at radius 1 is 1.58 bits per heavy atom. The molecule has 0 aliphatic carbocycles. The lowest BCUT2D eigenvalue weighted by molar-refractivity contribution is -0.129. The minimum absolute atomic E-state index is 0.388. The van der Waals surface area contributed by atoms with Crippen LogP contribution in [0.2, 0.25) is 0 Å². The van der Waals surface area contributed by atoms with E-state index in [2.05, 4.69) is 5.32 Å². The zero-order valence-electron chi connectivity index (χ0n) is 7.87. The highest BCUT2D eigenvalue weighted by atomic mass is 16.3. The van der Waals surface area contributed by atoms with E-state index in [4.69, 9.17) is 5.73 Å². The average molecular weight is 174 g/mol. The predicted molar refractivity (Wildman–Crippen MR) is 47.5 cm³/mol. The Kier molecular flexibility index (Phi) is 4.85. The van der Waals surface area contributed by atoms with Crippen LogP contribution in [0.1, 0.15) is 20.3 Å². The third-order valence-corrected chi connectivity index (χ3v) is 1.66. The molecule has 72 valence electrons. The van der Waals surface area contributed by atoms with Crippen molar-refractivity contribution in [3.8, 4) is 0 Å². The summed E-state index contributed by atoms with van der Waals surface area (Å²) in [5.41, 5.74) is 5.58. The van der Waals surface area contributed by atoms with Gasteiger partial charge in [0.25, 0.3) is 0 Å². The molecule has 0 bridgehead atoms. The Labute approximate surface area is 73.1 Å². The van der Waals surface area contributed by atoms with Crippen molar-refractivity contribution in [2.45, 2.75) is 32.4 Å². The maximum atomic E-state index is 10.9. The lowest BCUT2D eigenvalue weighted by Gasteiger charge is -2.18. The molecule has 1 amide bonds. The number of carbonyl (C=O) groups is 1. The van der Waals surface area contributed by atoms with Gasteiger partial charge in [0, 0.05) is 13.1 Å². The fourth-order valence-electron chi connectivity index (χ4n) is 1.02. The van der Waals surface area contributed by atoms with Gasteiger partial charge in [0.2, 0.25) is 5.91 Å². The van der Waals surface area contributed by atoms with Gasteiger partial charge in [-0.15, -0.1) is 0 Å². The van der Waals surface area contributed by atoms with E-state index in [1.807, 2.05) is 13.8 Å². The summed E-state index contributed by atoms with van der Waals surface area (Å²) in [6, 6.07) is -0.468. The van der Waals surface area contributed by atoms with E-state index in [0.29, 0.717) is 12.3 Å². The van der Waals surface area contributed by atoms with Gasteiger partial charge in [-0.05, 0) is 12.3 Å². The molecule has 0 aliphatic heterocycles. The van der Waals surface area contributed by atoms with Crippen LogP contribution in [-0.2, 0) is 4.79 Å². The van der Waals surface area contributed by atoms with E-state index >= 15 is 0 Å². The van der Waals surface area contributed by atoms with Crippen molar-refractivity contribution in [1.29, 1.82) is 0 Å². The van der Waals surface area contributed by atoms with E-state index in [1.165, 1.54) is 7.05 Å². The average Bonchev–Trinajstić information content (AvgIpc) is 2.00. The summed E-state index contributed by atoms with van der Waals surface area (Å²) < 4.78 is 0.